The summed E-state index contributed by atoms with van der Waals surface area (Å²) >= 11 is 0. The minimum absolute atomic E-state index is 0.0285. The second-order valence-electron chi connectivity index (χ2n) is 6.41. The molecule has 1 aliphatic rings. The van der Waals surface area contributed by atoms with Gasteiger partial charge in [0.15, 0.2) is 0 Å². The number of imidazole rings is 1. The van der Waals surface area contributed by atoms with Crippen LogP contribution in [0.4, 0.5) is 0 Å². The number of allylic oxidation sites excluding steroid dienone is 2. The van der Waals surface area contributed by atoms with E-state index in [1.807, 2.05) is 19.4 Å². The fraction of sp³-hybridized carbons (Fsp3) is 0.688. The molecule has 0 radical (unpaired) electrons. The normalized spacial score (nSPS) is 23.8. The van der Waals surface area contributed by atoms with Gasteiger partial charge in [0.05, 0.1) is 13.2 Å². The first-order valence-electron chi connectivity index (χ1n) is 7.47. The second kappa shape index (κ2) is 6.55. The lowest BCUT2D eigenvalue weighted by Gasteiger charge is -2.41. The highest BCUT2D eigenvalue weighted by atomic mass is 16.3. The van der Waals surface area contributed by atoms with Gasteiger partial charge in [-0.25, -0.2) is 4.98 Å². The zero-order valence-corrected chi connectivity index (χ0v) is 13.0. The van der Waals surface area contributed by atoms with Crippen molar-refractivity contribution in [1.82, 2.24) is 14.5 Å². The molecule has 0 bridgehead atoms. The first kappa shape index (κ1) is 15.3. The number of hydrogen-bond donors (Lipinski definition) is 1. The van der Waals surface area contributed by atoms with Crippen molar-refractivity contribution in [3.05, 3.63) is 29.9 Å². The topological polar surface area (TPSA) is 41.3 Å². The molecule has 1 aromatic rings. The van der Waals surface area contributed by atoms with E-state index >= 15 is 0 Å². The average Bonchev–Trinajstić information content (AvgIpc) is 2.82. The summed E-state index contributed by atoms with van der Waals surface area (Å²) in [5.74, 6) is 1.10. The molecule has 1 aliphatic heterocycles. The van der Waals surface area contributed by atoms with Gasteiger partial charge in [0.25, 0.3) is 0 Å². The Balaban J connectivity index is 2.02. The van der Waals surface area contributed by atoms with E-state index in [4.69, 9.17) is 0 Å². The van der Waals surface area contributed by atoms with Crippen molar-refractivity contribution in [2.75, 3.05) is 19.7 Å². The van der Waals surface area contributed by atoms with Gasteiger partial charge in [-0.1, -0.05) is 11.6 Å². The molecule has 0 saturated carbocycles. The van der Waals surface area contributed by atoms with Crippen molar-refractivity contribution in [2.45, 2.75) is 39.7 Å². The van der Waals surface area contributed by atoms with Crippen LogP contribution < -0.4 is 0 Å². The molecule has 20 heavy (non-hydrogen) atoms. The number of piperidine rings is 1. The van der Waals surface area contributed by atoms with Crippen molar-refractivity contribution in [2.24, 2.45) is 12.5 Å². The minimum atomic E-state index is 0.0285. The highest BCUT2D eigenvalue weighted by Crippen LogP contribution is 2.34. The molecule has 4 nitrogen and oxygen atoms in total. The van der Waals surface area contributed by atoms with Gasteiger partial charge < -0.3 is 9.67 Å². The lowest BCUT2D eigenvalue weighted by Crippen LogP contribution is -2.45. The Morgan fingerprint density at radius 1 is 1.50 bits per heavy atom. The third kappa shape index (κ3) is 3.70. The number of aromatic nitrogens is 2. The van der Waals surface area contributed by atoms with Crippen molar-refractivity contribution >= 4 is 0 Å². The van der Waals surface area contributed by atoms with Gasteiger partial charge in [-0.15, -0.1) is 0 Å². The number of rotatable bonds is 5. The van der Waals surface area contributed by atoms with Gasteiger partial charge in [0.2, 0.25) is 0 Å². The van der Waals surface area contributed by atoms with Gasteiger partial charge in [0.1, 0.15) is 5.82 Å². The maximum atomic E-state index is 9.88. The first-order chi connectivity index (χ1) is 9.54. The molecule has 2 rings (SSSR count). The van der Waals surface area contributed by atoms with Gasteiger partial charge in [-0.2, -0.15) is 0 Å². The van der Waals surface area contributed by atoms with Crippen LogP contribution in [0.5, 0.6) is 0 Å². The number of aryl methyl sites for hydroxylation is 1. The van der Waals surface area contributed by atoms with Crippen LogP contribution in [0, 0.1) is 5.41 Å². The van der Waals surface area contributed by atoms with Crippen molar-refractivity contribution in [3.8, 4) is 0 Å². The summed E-state index contributed by atoms with van der Waals surface area (Å²) in [6.45, 7) is 7.45. The zero-order chi connectivity index (χ0) is 14.6. The Hall–Kier alpha value is -1.13. The molecule has 1 N–H and O–H groups in total. The monoisotopic (exact) mass is 277 g/mol. The van der Waals surface area contributed by atoms with E-state index in [-0.39, 0.29) is 12.0 Å². The van der Waals surface area contributed by atoms with Gasteiger partial charge in [-0.3, -0.25) is 4.90 Å². The van der Waals surface area contributed by atoms with Crippen LogP contribution in [-0.2, 0) is 13.6 Å². The number of likely N-dealkylation sites (tertiary alicyclic amines) is 1. The van der Waals surface area contributed by atoms with Gasteiger partial charge in [0, 0.05) is 31.4 Å². The molecule has 1 aromatic heterocycles. The Labute approximate surface area is 122 Å². The first-order valence-corrected chi connectivity index (χ1v) is 7.47. The standard InChI is InChI=1S/C16H27N3O/c1-14(2)5-7-16(13-20)6-4-9-19(12-16)11-15-17-8-10-18(15)3/h5,8,10,20H,4,6-7,9,11-13H2,1-3H3/t16-/m0/s1. The predicted molar refractivity (Wildman–Crippen MR) is 81.3 cm³/mol. The van der Waals surface area contributed by atoms with Crippen LogP contribution in [-0.4, -0.2) is 39.3 Å². The average molecular weight is 277 g/mol. The molecule has 1 atom stereocenters. The van der Waals surface area contributed by atoms with E-state index in [1.54, 1.807) is 0 Å². The summed E-state index contributed by atoms with van der Waals surface area (Å²) in [7, 11) is 2.04. The summed E-state index contributed by atoms with van der Waals surface area (Å²) in [6, 6.07) is 0. The van der Waals surface area contributed by atoms with E-state index in [2.05, 4.69) is 34.4 Å². The fourth-order valence-electron chi connectivity index (χ4n) is 2.97. The summed E-state index contributed by atoms with van der Waals surface area (Å²) < 4.78 is 2.07. The molecule has 1 saturated heterocycles. The predicted octanol–water partition coefficient (Wildman–Crippen LogP) is 2.35. The van der Waals surface area contributed by atoms with E-state index < -0.39 is 0 Å². The Morgan fingerprint density at radius 2 is 2.30 bits per heavy atom. The maximum absolute atomic E-state index is 9.88. The molecule has 0 amide bonds. The van der Waals surface area contributed by atoms with Crippen LogP contribution in [0.2, 0.25) is 0 Å². The summed E-state index contributed by atoms with van der Waals surface area (Å²) in [5, 5.41) is 9.88. The van der Waals surface area contributed by atoms with Gasteiger partial charge >= 0.3 is 0 Å². The molecule has 0 spiro atoms. The Kier molecular flexibility index (Phi) is 5.00. The molecule has 4 heteroatoms. The van der Waals surface area contributed by atoms with Crippen LogP contribution in [0.15, 0.2) is 24.0 Å². The second-order valence-corrected chi connectivity index (χ2v) is 6.41. The number of hydrogen-bond acceptors (Lipinski definition) is 3. The van der Waals surface area contributed by atoms with E-state index in [1.165, 1.54) is 5.57 Å². The largest absolute Gasteiger partial charge is 0.396 e. The Morgan fingerprint density at radius 3 is 2.90 bits per heavy atom. The lowest BCUT2D eigenvalue weighted by atomic mass is 9.77. The minimum Gasteiger partial charge on any atom is -0.396 e. The van der Waals surface area contributed by atoms with Crippen molar-refractivity contribution in [1.29, 1.82) is 0 Å². The summed E-state index contributed by atoms with van der Waals surface area (Å²) in [4.78, 5) is 6.84. The van der Waals surface area contributed by atoms with Crippen LogP contribution in [0.1, 0.15) is 38.9 Å². The molecule has 0 aliphatic carbocycles. The molecular weight excluding hydrogens is 250 g/mol. The van der Waals surface area contributed by atoms with E-state index in [9.17, 15) is 5.11 Å². The number of aliphatic hydroxyl groups excluding tert-OH is 1. The summed E-state index contributed by atoms with van der Waals surface area (Å²) in [6.07, 6.45) is 9.35. The van der Waals surface area contributed by atoms with E-state index in [0.29, 0.717) is 0 Å². The number of aliphatic hydroxyl groups is 1. The van der Waals surface area contributed by atoms with E-state index in [0.717, 1.165) is 44.7 Å². The SMILES string of the molecule is CC(C)=CC[C@@]1(CO)CCCN(Cc2nccn2C)C1. The number of nitrogens with zero attached hydrogens (tertiary/aromatic N) is 3. The highest BCUT2D eigenvalue weighted by molar-refractivity contribution is 5.01. The van der Waals surface area contributed by atoms with Crippen molar-refractivity contribution < 1.29 is 5.11 Å². The highest BCUT2D eigenvalue weighted by Gasteiger charge is 2.34. The van der Waals surface area contributed by atoms with Crippen molar-refractivity contribution in [3.63, 3.8) is 0 Å². The molecule has 2 heterocycles. The quantitative estimate of drug-likeness (QED) is 0.840. The third-order valence-corrected chi connectivity index (χ3v) is 4.31. The zero-order valence-electron chi connectivity index (χ0n) is 13.0. The van der Waals surface area contributed by atoms with Crippen LogP contribution in [0.25, 0.3) is 0 Å². The lowest BCUT2D eigenvalue weighted by molar-refractivity contribution is 0.0293. The van der Waals surface area contributed by atoms with Crippen LogP contribution in [0.3, 0.4) is 0 Å². The fourth-order valence-corrected chi connectivity index (χ4v) is 2.97. The third-order valence-electron chi connectivity index (χ3n) is 4.31. The molecule has 112 valence electrons. The van der Waals surface area contributed by atoms with Crippen LogP contribution >= 0.6 is 0 Å². The Bertz CT molecular complexity index is 462. The molecular formula is C16H27N3O. The van der Waals surface area contributed by atoms with Gasteiger partial charge in [-0.05, 0) is 39.7 Å². The smallest absolute Gasteiger partial charge is 0.122 e. The molecule has 1 fully saturated rings. The summed E-state index contributed by atoms with van der Waals surface area (Å²) in [5.41, 5.74) is 1.36. The molecule has 0 aromatic carbocycles. The molecule has 0 unspecified atom stereocenters. The maximum Gasteiger partial charge on any atom is 0.122 e.